The normalized spacial score (nSPS) is 13.3. The zero-order chi connectivity index (χ0) is 18.7. The number of rotatable bonds is 11. The first-order valence-electron chi connectivity index (χ1n) is 9.60. The maximum atomic E-state index is 5.79. The topological polar surface area (TPSA) is 58.5 Å². The van der Waals surface area contributed by atoms with E-state index in [2.05, 4.69) is 57.2 Å². The molecule has 144 valence electrons. The van der Waals surface area contributed by atoms with Crippen molar-refractivity contribution < 1.29 is 4.74 Å². The Hall–Kier alpha value is -1.14. The molecule has 0 amide bonds. The Morgan fingerprint density at radius 3 is 2.56 bits per heavy atom. The Kier molecular flexibility index (Phi) is 10.7. The highest BCUT2D eigenvalue weighted by molar-refractivity contribution is 7.11. The number of guanidine groups is 1. The number of thiazole rings is 1. The summed E-state index contributed by atoms with van der Waals surface area (Å²) in [6, 6.07) is 0. The van der Waals surface area contributed by atoms with Gasteiger partial charge in [0.15, 0.2) is 5.96 Å². The predicted octanol–water partition coefficient (Wildman–Crippen LogP) is 3.56. The molecule has 2 N–H and O–H groups in total. The number of nitrogens with zero attached hydrogens (tertiary/aromatic N) is 2. The maximum Gasteiger partial charge on any atom is 0.191 e. The standard InChI is InChI=1S/C19H36N4OS/c1-7-16-15(6)25-18(23-16)11-13-22-19(20-8-2)21-12-10-17(14(4)5)24-9-3/h14,17H,7-13H2,1-6H3,(H2,20,21,22). The van der Waals surface area contributed by atoms with E-state index in [4.69, 9.17) is 9.72 Å². The second-order valence-electron chi connectivity index (χ2n) is 6.43. The SMILES string of the molecule is CCNC(=NCCC(OCC)C(C)C)NCCc1nc(CC)c(C)s1. The van der Waals surface area contributed by atoms with Gasteiger partial charge in [-0.1, -0.05) is 20.8 Å². The summed E-state index contributed by atoms with van der Waals surface area (Å²) >= 11 is 1.81. The monoisotopic (exact) mass is 368 g/mol. The molecule has 0 aliphatic heterocycles. The van der Waals surface area contributed by atoms with Crippen LogP contribution in [0.25, 0.3) is 0 Å². The van der Waals surface area contributed by atoms with E-state index in [1.807, 2.05) is 0 Å². The number of aliphatic imine (C=N–C) groups is 1. The molecule has 1 aromatic heterocycles. The van der Waals surface area contributed by atoms with Gasteiger partial charge in [-0.2, -0.15) is 0 Å². The van der Waals surface area contributed by atoms with E-state index in [1.165, 1.54) is 15.6 Å². The summed E-state index contributed by atoms with van der Waals surface area (Å²) in [5.74, 6) is 1.40. The Labute approximate surface area is 157 Å². The van der Waals surface area contributed by atoms with E-state index in [1.54, 1.807) is 11.3 Å². The Morgan fingerprint density at radius 1 is 1.24 bits per heavy atom. The van der Waals surface area contributed by atoms with Crippen LogP contribution in [0, 0.1) is 12.8 Å². The molecule has 0 aliphatic rings. The number of aromatic nitrogens is 1. The van der Waals surface area contributed by atoms with E-state index < -0.39 is 0 Å². The third kappa shape index (κ3) is 8.19. The van der Waals surface area contributed by atoms with Gasteiger partial charge in [-0.3, -0.25) is 4.99 Å². The van der Waals surface area contributed by atoms with Gasteiger partial charge in [0.1, 0.15) is 0 Å². The minimum Gasteiger partial charge on any atom is -0.378 e. The van der Waals surface area contributed by atoms with E-state index in [0.29, 0.717) is 5.92 Å². The maximum absolute atomic E-state index is 5.79. The van der Waals surface area contributed by atoms with Crippen LogP contribution in [0.3, 0.4) is 0 Å². The highest BCUT2D eigenvalue weighted by atomic mass is 32.1. The molecule has 0 radical (unpaired) electrons. The van der Waals surface area contributed by atoms with Crippen molar-refractivity contribution in [2.24, 2.45) is 10.9 Å². The summed E-state index contributed by atoms with van der Waals surface area (Å²) in [4.78, 5) is 10.7. The summed E-state index contributed by atoms with van der Waals surface area (Å²) in [6.07, 6.45) is 3.18. The molecule has 6 heteroatoms. The second-order valence-corrected chi connectivity index (χ2v) is 7.72. The molecule has 0 bridgehead atoms. The van der Waals surface area contributed by atoms with Gasteiger partial charge in [-0.25, -0.2) is 4.98 Å². The lowest BCUT2D eigenvalue weighted by atomic mass is 10.0. The summed E-state index contributed by atoms with van der Waals surface area (Å²) in [5, 5.41) is 7.93. The summed E-state index contributed by atoms with van der Waals surface area (Å²) in [5.41, 5.74) is 1.23. The molecular formula is C19H36N4OS. The number of nitrogens with one attached hydrogen (secondary N) is 2. The molecule has 25 heavy (non-hydrogen) atoms. The zero-order valence-electron chi connectivity index (χ0n) is 16.8. The van der Waals surface area contributed by atoms with Crippen LogP contribution in [0.5, 0.6) is 0 Å². The number of hydrogen-bond acceptors (Lipinski definition) is 4. The lowest BCUT2D eigenvalue weighted by molar-refractivity contribution is 0.0266. The first-order chi connectivity index (χ1) is 12.0. The summed E-state index contributed by atoms with van der Waals surface area (Å²) in [7, 11) is 0. The van der Waals surface area contributed by atoms with Gasteiger partial charge in [0.2, 0.25) is 0 Å². The van der Waals surface area contributed by atoms with Crippen molar-refractivity contribution >= 4 is 17.3 Å². The third-order valence-electron chi connectivity index (χ3n) is 4.06. The van der Waals surface area contributed by atoms with Crippen LogP contribution >= 0.6 is 11.3 Å². The average Bonchev–Trinajstić information content (AvgIpc) is 2.93. The number of hydrogen-bond donors (Lipinski definition) is 2. The van der Waals surface area contributed by atoms with Crippen LogP contribution in [-0.4, -0.2) is 43.3 Å². The molecule has 0 saturated heterocycles. The lowest BCUT2D eigenvalue weighted by Gasteiger charge is -2.20. The minimum atomic E-state index is 0.280. The molecule has 1 unspecified atom stereocenters. The molecular weight excluding hydrogens is 332 g/mol. The fourth-order valence-electron chi connectivity index (χ4n) is 2.68. The van der Waals surface area contributed by atoms with Crippen molar-refractivity contribution in [2.45, 2.75) is 66.9 Å². The molecule has 1 atom stereocenters. The quantitative estimate of drug-likeness (QED) is 0.463. The van der Waals surface area contributed by atoms with Gasteiger partial charge in [-0.15, -0.1) is 11.3 Å². The smallest absolute Gasteiger partial charge is 0.191 e. The number of aryl methyl sites for hydroxylation is 2. The van der Waals surface area contributed by atoms with E-state index in [-0.39, 0.29) is 6.10 Å². The summed E-state index contributed by atoms with van der Waals surface area (Å²) in [6.45, 7) is 16.1. The van der Waals surface area contributed by atoms with Gasteiger partial charge in [0.25, 0.3) is 0 Å². The van der Waals surface area contributed by atoms with Crippen molar-refractivity contribution in [1.82, 2.24) is 15.6 Å². The first-order valence-corrected chi connectivity index (χ1v) is 10.4. The highest BCUT2D eigenvalue weighted by Crippen LogP contribution is 2.18. The van der Waals surface area contributed by atoms with Crippen LogP contribution in [0.4, 0.5) is 0 Å². The minimum absolute atomic E-state index is 0.280. The number of ether oxygens (including phenoxy) is 1. The molecule has 1 rings (SSSR count). The average molecular weight is 369 g/mol. The summed E-state index contributed by atoms with van der Waals surface area (Å²) < 4.78 is 5.79. The molecule has 0 saturated carbocycles. The molecule has 1 heterocycles. The van der Waals surface area contributed by atoms with Crippen LogP contribution < -0.4 is 10.6 Å². The molecule has 0 aromatic carbocycles. The van der Waals surface area contributed by atoms with Crippen LogP contribution in [-0.2, 0) is 17.6 Å². The fourth-order valence-corrected chi connectivity index (χ4v) is 3.70. The second kappa shape index (κ2) is 12.3. The van der Waals surface area contributed by atoms with Gasteiger partial charge < -0.3 is 15.4 Å². The predicted molar refractivity (Wildman–Crippen MR) is 109 cm³/mol. The van der Waals surface area contributed by atoms with E-state index >= 15 is 0 Å². The molecule has 5 nitrogen and oxygen atoms in total. The zero-order valence-corrected chi connectivity index (χ0v) is 17.6. The van der Waals surface area contributed by atoms with Crippen molar-refractivity contribution in [3.63, 3.8) is 0 Å². The van der Waals surface area contributed by atoms with Crippen LogP contribution in [0.15, 0.2) is 4.99 Å². The molecule has 0 fully saturated rings. The Bertz CT molecular complexity index is 514. The van der Waals surface area contributed by atoms with Gasteiger partial charge in [-0.05, 0) is 39.5 Å². The Morgan fingerprint density at radius 2 is 2.00 bits per heavy atom. The molecule has 1 aromatic rings. The van der Waals surface area contributed by atoms with Crippen LogP contribution in [0.1, 0.15) is 56.6 Å². The largest absolute Gasteiger partial charge is 0.378 e. The van der Waals surface area contributed by atoms with Crippen molar-refractivity contribution in [2.75, 3.05) is 26.2 Å². The van der Waals surface area contributed by atoms with Gasteiger partial charge in [0, 0.05) is 37.5 Å². The Balaban J connectivity index is 2.46. The third-order valence-corrected chi connectivity index (χ3v) is 5.13. The van der Waals surface area contributed by atoms with Crippen molar-refractivity contribution in [3.8, 4) is 0 Å². The first kappa shape index (κ1) is 21.9. The fraction of sp³-hybridized carbons (Fsp3) is 0.789. The highest BCUT2D eigenvalue weighted by Gasteiger charge is 2.12. The van der Waals surface area contributed by atoms with Gasteiger partial charge in [0.05, 0.1) is 16.8 Å². The van der Waals surface area contributed by atoms with E-state index in [9.17, 15) is 0 Å². The van der Waals surface area contributed by atoms with E-state index in [0.717, 1.165) is 51.5 Å². The van der Waals surface area contributed by atoms with Gasteiger partial charge >= 0.3 is 0 Å². The van der Waals surface area contributed by atoms with Crippen molar-refractivity contribution in [1.29, 1.82) is 0 Å². The van der Waals surface area contributed by atoms with Crippen LogP contribution in [0.2, 0.25) is 0 Å². The van der Waals surface area contributed by atoms with Crippen molar-refractivity contribution in [3.05, 3.63) is 15.6 Å². The molecule has 0 aliphatic carbocycles. The lowest BCUT2D eigenvalue weighted by Crippen LogP contribution is -2.38. The molecule has 0 spiro atoms.